The normalized spacial score (nSPS) is 12.4. The van der Waals surface area contributed by atoms with E-state index in [1.807, 2.05) is 24.3 Å². The van der Waals surface area contributed by atoms with Gasteiger partial charge in [0, 0.05) is 26.6 Å². The van der Waals surface area contributed by atoms with Crippen molar-refractivity contribution in [2.75, 3.05) is 5.75 Å². The fraction of sp³-hybridized carbons (Fsp3) is 0.200. The van der Waals surface area contributed by atoms with Gasteiger partial charge < -0.3 is 5.11 Å². The van der Waals surface area contributed by atoms with Crippen LogP contribution in [-0.4, -0.2) is 17.0 Å². The summed E-state index contributed by atoms with van der Waals surface area (Å²) in [6, 6.07) is 12.2. The van der Waals surface area contributed by atoms with Gasteiger partial charge in [0.1, 0.15) is 5.82 Å². The van der Waals surface area contributed by atoms with Gasteiger partial charge in [-0.05, 0) is 48.0 Å². The van der Waals surface area contributed by atoms with E-state index in [0.717, 1.165) is 9.37 Å². The molecule has 0 heterocycles. The molecule has 1 nitrogen and oxygen atoms in total. The second-order valence-electron chi connectivity index (χ2n) is 4.36. The smallest absolute Gasteiger partial charge is 0.126 e. The van der Waals surface area contributed by atoms with Crippen molar-refractivity contribution in [1.29, 1.82) is 0 Å². The number of rotatable bonds is 5. The van der Waals surface area contributed by atoms with Gasteiger partial charge in [-0.15, -0.1) is 11.8 Å². The van der Waals surface area contributed by atoms with Gasteiger partial charge in [0.05, 0.1) is 6.10 Å². The lowest BCUT2D eigenvalue weighted by Gasteiger charge is -2.11. The number of aliphatic hydroxyl groups excluding tert-OH is 1. The molecule has 0 fully saturated rings. The quantitative estimate of drug-likeness (QED) is 0.747. The maximum atomic E-state index is 13.6. The number of hydrogen-bond donors (Lipinski definition) is 1. The van der Waals surface area contributed by atoms with E-state index in [4.69, 9.17) is 11.6 Å². The molecule has 0 radical (unpaired) electrons. The van der Waals surface area contributed by atoms with E-state index in [-0.39, 0.29) is 5.82 Å². The molecule has 0 aliphatic heterocycles. The summed E-state index contributed by atoms with van der Waals surface area (Å²) in [4.78, 5) is 1.03. The van der Waals surface area contributed by atoms with Gasteiger partial charge in [-0.3, -0.25) is 0 Å². The van der Waals surface area contributed by atoms with Crippen LogP contribution in [-0.2, 0) is 6.42 Å². The van der Waals surface area contributed by atoms with E-state index < -0.39 is 6.10 Å². The van der Waals surface area contributed by atoms with Gasteiger partial charge in [0.15, 0.2) is 0 Å². The first-order chi connectivity index (χ1) is 9.54. The zero-order valence-electron chi connectivity index (χ0n) is 10.5. The molecule has 0 bridgehead atoms. The van der Waals surface area contributed by atoms with Crippen LogP contribution in [0.15, 0.2) is 51.8 Å². The van der Waals surface area contributed by atoms with Gasteiger partial charge in [-0.2, -0.15) is 0 Å². The first-order valence-electron chi connectivity index (χ1n) is 6.05. The Morgan fingerprint density at radius 2 is 1.90 bits per heavy atom. The van der Waals surface area contributed by atoms with Crippen LogP contribution in [0.5, 0.6) is 0 Å². The van der Waals surface area contributed by atoms with E-state index in [1.165, 1.54) is 17.8 Å². The molecule has 1 N–H and O–H groups in total. The van der Waals surface area contributed by atoms with Crippen LogP contribution in [0.25, 0.3) is 0 Å². The van der Waals surface area contributed by atoms with Crippen LogP contribution < -0.4 is 0 Å². The van der Waals surface area contributed by atoms with Crippen molar-refractivity contribution in [3.8, 4) is 0 Å². The van der Waals surface area contributed by atoms with E-state index in [2.05, 4.69) is 15.9 Å². The largest absolute Gasteiger partial charge is 0.392 e. The summed E-state index contributed by atoms with van der Waals surface area (Å²) in [7, 11) is 0. The summed E-state index contributed by atoms with van der Waals surface area (Å²) in [5.41, 5.74) is 0.517. The van der Waals surface area contributed by atoms with Crippen LogP contribution >= 0.6 is 39.3 Å². The Labute approximate surface area is 135 Å². The molecule has 20 heavy (non-hydrogen) atoms. The highest BCUT2D eigenvalue weighted by molar-refractivity contribution is 9.10. The molecule has 1 unspecified atom stereocenters. The summed E-state index contributed by atoms with van der Waals surface area (Å²) in [6.45, 7) is 0. The van der Waals surface area contributed by atoms with E-state index in [9.17, 15) is 9.50 Å². The lowest BCUT2D eigenvalue weighted by atomic mass is 10.1. The highest BCUT2D eigenvalue weighted by atomic mass is 79.9. The summed E-state index contributed by atoms with van der Waals surface area (Å²) >= 11 is 10.6. The van der Waals surface area contributed by atoms with Gasteiger partial charge in [-0.25, -0.2) is 4.39 Å². The Bertz CT molecular complexity index is 577. The zero-order valence-corrected chi connectivity index (χ0v) is 13.7. The molecular weight excluding hydrogens is 363 g/mol. The third kappa shape index (κ3) is 4.77. The molecule has 2 aromatic rings. The third-order valence-corrected chi connectivity index (χ3v) is 4.62. The van der Waals surface area contributed by atoms with E-state index >= 15 is 0 Å². The summed E-state index contributed by atoms with van der Waals surface area (Å²) in [5.74, 6) is 0.219. The van der Waals surface area contributed by atoms with Gasteiger partial charge >= 0.3 is 0 Å². The van der Waals surface area contributed by atoms with Crippen molar-refractivity contribution in [2.24, 2.45) is 0 Å². The average Bonchev–Trinajstić information content (AvgIpc) is 2.42. The molecule has 0 spiro atoms. The second-order valence-corrected chi connectivity index (χ2v) is 6.80. The topological polar surface area (TPSA) is 20.2 Å². The molecule has 0 saturated heterocycles. The lowest BCUT2D eigenvalue weighted by Crippen LogP contribution is -2.14. The lowest BCUT2D eigenvalue weighted by molar-refractivity contribution is 0.198. The molecule has 2 aromatic carbocycles. The van der Waals surface area contributed by atoms with Gasteiger partial charge in [-0.1, -0.05) is 27.5 Å². The summed E-state index contributed by atoms with van der Waals surface area (Å²) < 4.78 is 14.4. The van der Waals surface area contributed by atoms with Crippen LogP contribution in [0.2, 0.25) is 5.02 Å². The SMILES string of the molecule is OC(CSc1ccc(Cl)cc1)Cc1cc(Br)ccc1F. The average molecular weight is 376 g/mol. The molecule has 0 saturated carbocycles. The van der Waals surface area contributed by atoms with Crippen molar-refractivity contribution in [1.82, 2.24) is 0 Å². The molecule has 2 rings (SSSR count). The minimum Gasteiger partial charge on any atom is -0.392 e. The molecule has 0 amide bonds. The fourth-order valence-corrected chi connectivity index (χ4v) is 3.10. The van der Waals surface area contributed by atoms with Crippen molar-refractivity contribution >= 4 is 39.3 Å². The van der Waals surface area contributed by atoms with E-state index in [0.29, 0.717) is 22.8 Å². The molecule has 0 aliphatic rings. The van der Waals surface area contributed by atoms with Gasteiger partial charge in [0.2, 0.25) is 0 Å². The third-order valence-electron chi connectivity index (χ3n) is 2.72. The Balaban J connectivity index is 1.90. The number of benzene rings is 2. The number of hydrogen-bond acceptors (Lipinski definition) is 2. The Kier molecular flexibility index (Phi) is 5.90. The monoisotopic (exact) mass is 374 g/mol. The standard InChI is InChI=1S/C15H13BrClFOS/c16-11-1-6-15(18)10(7-11)8-13(19)9-20-14-4-2-12(17)3-5-14/h1-7,13,19H,8-9H2. The molecule has 0 aromatic heterocycles. The minimum absolute atomic E-state index is 0.288. The molecule has 1 atom stereocenters. The highest BCUT2D eigenvalue weighted by Crippen LogP contribution is 2.23. The van der Waals surface area contributed by atoms with Crippen molar-refractivity contribution in [2.45, 2.75) is 17.4 Å². The van der Waals surface area contributed by atoms with Crippen molar-refractivity contribution < 1.29 is 9.50 Å². The number of aliphatic hydroxyl groups is 1. The summed E-state index contributed by atoms with van der Waals surface area (Å²) in [6.07, 6.45) is -0.300. The minimum atomic E-state index is -0.598. The first-order valence-corrected chi connectivity index (χ1v) is 8.20. The Hall–Kier alpha value is -0.550. The highest BCUT2D eigenvalue weighted by Gasteiger charge is 2.10. The number of thioether (sulfide) groups is 1. The predicted octanol–water partition coefficient (Wildman–Crippen LogP) is 4.94. The predicted molar refractivity (Wildman–Crippen MR) is 86.0 cm³/mol. The van der Waals surface area contributed by atoms with Crippen LogP contribution in [0.1, 0.15) is 5.56 Å². The maximum Gasteiger partial charge on any atom is 0.126 e. The zero-order chi connectivity index (χ0) is 14.5. The second kappa shape index (κ2) is 7.46. The molecule has 5 heteroatoms. The van der Waals surface area contributed by atoms with Crippen LogP contribution in [0.3, 0.4) is 0 Å². The molecular formula is C15H13BrClFOS. The van der Waals surface area contributed by atoms with Crippen LogP contribution in [0.4, 0.5) is 4.39 Å². The van der Waals surface area contributed by atoms with Gasteiger partial charge in [0.25, 0.3) is 0 Å². The first kappa shape index (κ1) is 15.8. The summed E-state index contributed by atoms with van der Waals surface area (Å²) in [5, 5.41) is 10.7. The van der Waals surface area contributed by atoms with Crippen molar-refractivity contribution in [3.63, 3.8) is 0 Å². The Morgan fingerprint density at radius 3 is 2.60 bits per heavy atom. The number of halogens is 3. The Morgan fingerprint density at radius 1 is 1.20 bits per heavy atom. The van der Waals surface area contributed by atoms with E-state index in [1.54, 1.807) is 12.1 Å². The fourth-order valence-electron chi connectivity index (χ4n) is 1.74. The van der Waals surface area contributed by atoms with Crippen LogP contribution in [0, 0.1) is 5.82 Å². The molecule has 106 valence electrons. The van der Waals surface area contributed by atoms with Crippen molar-refractivity contribution in [3.05, 3.63) is 63.3 Å². The maximum absolute atomic E-state index is 13.6. The molecule has 0 aliphatic carbocycles.